The van der Waals surface area contributed by atoms with E-state index in [-0.39, 0.29) is 6.42 Å². The summed E-state index contributed by atoms with van der Waals surface area (Å²) in [6, 6.07) is 0. The first kappa shape index (κ1) is 10.7. The van der Waals surface area contributed by atoms with E-state index in [0.717, 1.165) is 12.8 Å². The van der Waals surface area contributed by atoms with Crippen LogP contribution in [0.3, 0.4) is 0 Å². The Labute approximate surface area is 71.0 Å². The second kappa shape index (κ2) is 6.43. The third-order valence-corrected chi connectivity index (χ3v) is 1.60. The van der Waals surface area contributed by atoms with Crippen molar-refractivity contribution in [2.24, 2.45) is 0 Å². The third-order valence-electron chi connectivity index (χ3n) is 1.33. The van der Waals surface area contributed by atoms with Crippen LogP contribution in [0.25, 0.3) is 0 Å². The van der Waals surface area contributed by atoms with Crippen LogP contribution in [0, 0.1) is 0 Å². The van der Waals surface area contributed by atoms with E-state index in [0.29, 0.717) is 12.3 Å². The van der Waals surface area contributed by atoms with Crippen molar-refractivity contribution in [2.45, 2.75) is 31.8 Å². The molecule has 1 unspecified atom stereocenters. The van der Waals surface area contributed by atoms with Crippen molar-refractivity contribution in [3.63, 3.8) is 0 Å². The summed E-state index contributed by atoms with van der Waals surface area (Å²) in [5, 5.41) is 17.3. The van der Waals surface area contributed by atoms with Crippen molar-refractivity contribution in [3.05, 3.63) is 0 Å². The van der Waals surface area contributed by atoms with Gasteiger partial charge in [0.1, 0.15) is 0 Å². The molecule has 0 rings (SSSR count). The summed E-state index contributed by atoms with van der Waals surface area (Å²) in [6.45, 7) is 0. The molecule has 11 heavy (non-hydrogen) atoms. The molecule has 1 atom stereocenters. The lowest BCUT2D eigenvalue weighted by Gasteiger charge is -2.05. The molecule has 2 N–H and O–H groups in total. The summed E-state index contributed by atoms with van der Waals surface area (Å²) in [6.07, 6.45) is 1.27. The van der Waals surface area contributed by atoms with Crippen LogP contribution in [0.2, 0.25) is 0 Å². The van der Waals surface area contributed by atoms with E-state index in [4.69, 9.17) is 21.8 Å². The van der Waals surface area contributed by atoms with E-state index >= 15 is 0 Å². The van der Waals surface area contributed by atoms with Crippen LogP contribution < -0.4 is 0 Å². The van der Waals surface area contributed by atoms with Crippen molar-refractivity contribution < 1.29 is 15.0 Å². The van der Waals surface area contributed by atoms with E-state index < -0.39 is 12.1 Å². The SMILES string of the molecule is O=C(O)CC(O)CCCCCl. The Hall–Kier alpha value is -0.280. The van der Waals surface area contributed by atoms with Crippen molar-refractivity contribution in [1.29, 1.82) is 0 Å². The molecule has 0 saturated heterocycles. The summed E-state index contributed by atoms with van der Waals surface area (Å²) < 4.78 is 0. The highest BCUT2D eigenvalue weighted by atomic mass is 35.5. The van der Waals surface area contributed by atoms with E-state index in [2.05, 4.69) is 0 Å². The van der Waals surface area contributed by atoms with Gasteiger partial charge in [-0.05, 0) is 19.3 Å². The topological polar surface area (TPSA) is 57.5 Å². The quantitative estimate of drug-likeness (QED) is 0.478. The zero-order valence-electron chi connectivity index (χ0n) is 6.29. The Balaban J connectivity index is 3.22. The number of aliphatic carboxylic acids is 1. The van der Waals surface area contributed by atoms with Crippen LogP contribution in [0.1, 0.15) is 25.7 Å². The fraction of sp³-hybridized carbons (Fsp3) is 0.857. The molecule has 0 aliphatic heterocycles. The Kier molecular flexibility index (Phi) is 6.27. The number of aliphatic hydroxyl groups is 1. The highest BCUT2D eigenvalue weighted by Crippen LogP contribution is 2.04. The number of alkyl halides is 1. The van der Waals surface area contributed by atoms with Crippen LogP contribution in [0.4, 0.5) is 0 Å². The fourth-order valence-corrected chi connectivity index (χ4v) is 0.967. The second-order valence-electron chi connectivity index (χ2n) is 2.44. The average molecular weight is 181 g/mol. The highest BCUT2D eigenvalue weighted by Gasteiger charge is 2.07. The molecule has 0 aromatic rings. The lowest BCUT2D eigenvalue weighted by atomic mass is 10.1. The number of carboxylic acids is 1. The first-order valence-corrected chi connectivity index (χ1v) is 4.16. The summed E-state index contributed by atoms with van der Waals surface area (Å²) in [5.41, 5.74) is 0. The van der Waals surface area contributed by atoms with Crippen molar-refractivity contribution in [2.75, 3.05) is 5.88 Å². The molecule has 0 spiro atoms. The molecule has 0 saturated carbocycles. The van der Waals surface area contributed by atoms with Crippen LogP contribution in [0.5, 0.6) is 0 Å². The van der Waals surface area contributed by atoms with Gasteiger partial charge in [-0.3, -0.25) is 4.79 Å². The van der Waals surface area contributed by atoms with Crippen LogP contribution in [-0.4, -0.2) is 28.2 Å². The summed E-state index contributed by atoms with van der Waals surface area (Å²) in [4.78, 5) is 10.1. The van der Waals surface area contributed by atoms with Crippen LogP contribution in [-0.2, 0) is 4.79 Å². The number of hydrogen-bond acceptors (Lipinski definition) is 2. The van der Waals surface area contributed by atoms with Crippen molar-refractivity contribution >= 4 is 17.6 Å². The number of halogens is 1. The van der Waals surface area contributed by atoms with E-state index in [9.17, 15) is 4.79 Å². The van der Waals surface area contributed by atoms with Crippen molar-refractivity contribution in [3.8, 4) is 0 Å². The van der Waals surface area contributed by atoms with E-state index in [1.807, 2.05) is 0 Å². The maximum absolute atomic E-state index is 10.1. The molecule has 0 aromatic heterocycles. The number of aliphatic hydroxyl groups excluding tert-OH is 1. The molecule has 4 heteroatoms. The van der Waals surface area contributed by atoms with Gasteiger partial charge in [-0.2, -0.15) is 0 Å². The first-order chi connectivity index (χ1) is 5.16. The van der Waals surface area contributed by atoms with Gasteiger partial charge in [0, 0.05) is 5.88 Å². The molecule has 0 bridgehead atoms. The monoisotopic (exact) mass is 180 g/mol. The molecule has 0 aromatic carbocycles. The molecular formula is C7H13ClO3. The van der Waals surface area contributed by atoms with Gasteiger partial charge in [0.15, 0.2) is 0 Å². The van der Waals surface area contributed by atoms with Crippen molar-refractivity contribution in [1.82, 2.24) is 0 Å². The lowest BCUT2D eigenvalue weighted by molar-refractivity contribution is -0.139. The zero-order chi connectivity index (χ0) is 8.69. The smallest absolute Gasteiger partial charge is 0.305 e. The predicted octanol–water partition coefficient (Wildman–Crippen LogP) is 1.23. The zero-order valence-corrected chi connectivity index (χ0v) is 7.05. The molecule has 0 aliphatic rings. The second-order valence-corrected chi connectivity index (χ2v) is 2.81. The number of hydrogen-bond donors (Lipinski definition) is 2. The van der Waals surface area contributed by atoms with Gasteiger partial charge in [-0.25, -0.2) is 0 Å². The number of rotatable bonds is 6. The molecule has 66 valence electrons. The third kappa shape index (κ3) is 7.62. The van der Waals surface area contributed by atoms with E-state index in [1.165, 1.54) is 0 Å². The normalized spacial score (nSPS) is 12.9. The Morgan fingerprint density at radius 1 is 1.45 bits per heavy atom. The average Bonchev–Trinajstić information content (AvgIpc) is 1.86. The largest absolute Gasteiger partial charge is 0.481 e. The standard InChI is InChI=1S/C7H13ClO3/c8-4-2-1-3-6(9)5-7(10)11/h6,9H,1-5H2,(H,10,11). The number of carbonyl (C=O) groups is 1. The van der Waals surface area contributed by atoms with Gasteiger partial charge in [0.25, 0.3) is 0 Å². The molecule has 0 heterocycles. The fourth-order valence-electron chi connectivity index (χ4n) is 0.778. The predicted molar refractivity (Wildman–Crippen MR) is 42.8 cm³/mol. The van der Waals surface area contributed by atoms with Gasteiger partial charge in [-0.15, -0.1) is 11.6 Å². The molecule has 3 nitrogen and oxygen atoms in total. The lowest BCUT2D eigenvalue weighted by Crippen LogP contribution is -2.12. The minimum absolute atomic E-state index is 0.164. The van der Waals surface area contributed by atoms with E-state index in [1.54, 1.807) is 0 Å². The Bertz CT molecular complexity index is 116. The van der Waals surface area contributed by atoms with Gasteiger partial charge in [0.05, 0.1) is 12.5 Å². The maximum Gasteiger partial charge on any atom is 0.305 e. The Morgan fingerprint density at radius 3 is 2.55 bits per heavy atom. The summed E-state index contributed by atoms with van der Waals surface area (Å²) >= 11 is 5.39. The molecule has 0 radical (unpaired) electrons. The van der Waals surface area contributed by atoms with Gasteiger partial charge < -0.3 is 10.2 Å². The molecular weight excluding hydrogens is 168 g/mol. The van der Waals surface area contributed by atoms with Crippen LogP contribution in [0.15, 0.2) is 0 Å². The highest BCUT2D eigenvalue weighted by molar-refractivity contribution is 6.17. The van der Waals surface area contributed by atoms with Gasteiger partial charge in [-0.1, -0.05) is 0 Å². The molecule has 0 aliphatic carbocycles. The summed E-state index contributed by atoms with van der Waals surface area (Å²) in [5.74, 6) is -0.386. The minimum atomic E-state index is -0.955. The van der Waals surface area contributed by atoms with Gasteiger partial charge in [0.2, 0.25) is 0 Å². The summed E-state index contributed by atoms with van der Waals surface area (Å²) in [7, 11) is 0. The number of unbranched alkanes of at least 4 members (excludes halogenated alkanes) is 1. The van der Waals surface area contributed by atoms with Crippen LogP contribution >= 0.6 is 11.6 Å². The first-order valence-electron chi connectivity index (χ1n) is 3.62. The number of carboxylic acid groups (broad SMARTS) is 1. The molecule has 0 fully saturated rings. The Morgan fingerprint density at radius 2 is 2.09 bits per heavy atom. The maximum atomic E-state index is 10.1. The molecule has 0 amide bonds. The van der Waals surface area contributed by atoms with Gasteiger partial charge >= 0.3 is 5.97 Å². The minimum Gasteiger partial charge on any atom is -0.481 e.